The molecule has 2 N–H and O–H groups in total. The fourth-order valence-corrected chi connectivity index (χ4v) is 1.96. The van der Waals surface area contributed by atoms with E-state index in [4.69, 9.17) is 18.0 Å². The number of likely N-dealkylation sites (N-methyl/N-ethyl adjacent to an activating group) is 2. The molecule has 0 fully saturated rings. The van der Waals surface area contributed by atoms with Crippen molar-refractivity contribution in [3.63, 3.8) is 0 Å². The third kappa shape index (κ3) is 4.60. The van der Waals surface area contributed by atoms with Gasteiger partial charge in [-0.1, -0.05) is 26.1 Å². The smallest absolute Gasteiger partial charge is 0.241 e. The largest absolute Gasteiger partial charge is 0.393 e. The summed E-state index contributed by atoms with van der Waals surface area (Å²) in [5.41, 5.74) is 5.61. The Morgan fingerprint density at radius 1 is 1.28 bits per heavy atom. The highest BCUT2D eigenvalue weighted by Crippen LogP contribution is 2.15. The number of nitrogens with two attached hydrogens (primary N) is 1. The van der Waals surface area contributed by atoms with Crippen LogP contribution < -0.4 is 5.73 Å². The average Bonchev–Trinajstić information content (AvgIpc) is 2.23. The molecule has 6 heteroatoms. The number of amides is 2. The molecule has 0 aliphatic heterocycles. The number of hydrogen-bond donors (Lipinski definition) is 1. The lowest BCUT2D eigenvalue weighted by Gasteiger charge is -2.28. The minimum absolute atomic E-state index is 0.0264. The number of carbonyl (C=O) groups excluding carboxylic acids is 2. The molecule has 0 bridgehead atoms. The van der Waals surface area contributed by atoms with Gasteiger partial charge in [-0.05, 0) is 12.8 Å². The monoisotopic (exact) mass is 273 g/mol. The van der Waals surface area contributed by atoms with Gasteiger partial charge in [0.1, 0.15) is 0 Å². The maximum Gasteiger partial charge on any atom is 0.241 e. The van der Waals surface area contributed by atoms with E-state index in [-0.39, 0.29) is 29.3 Å². The normalized spacial score (nSPS) is 12.1. The Labute approximate surface area is 114 Å². The molecule has 0 aromatic rings. The van der Waals surface area contributed by atoms with E-state index in [0.717, 1.165) is 0 Å². The summed E-state index contributed by atoms with van der Waals surface area (Å²) in [7, 11) is 3.32. The quantitative estimate of drug-likeness (QED) is 0.715. The van der Waals surface area contributed by atoms with E-state index in [1.54, 1.807) is 14.1 Å². The molecule has 1 atom stereocenters. The molecule has 1 unspecified atom stereocenters. The first-order chi connectivity index (χ1) is 8.22. The van der Waals surface area contributed by atoms with Gasteiger partial charge in [-0.3, -0.25) is 9.59 Å². The van der Waals surface area contributed by atoms with Gasteiger partial charge in [0.2, 0.25) is 11.8 Å². The Bertz CT molecular complexity index is 329. The highest BCUT2D eigenvalue weighted by Gasteiger charge is 2.29. The van der Waals surface area contributed by atoms with Crippen molar-refractivity contribution in [3.05, 3.63) is 0 Å². The molecule has 0 aliphatic carbocycles. The van der Waals surface area contributed by atoms with Gasteiger partial charge in [-0.15, -0.1) is 0 Å². The Hall–Kier alpha value is -1.17. The lowest BCUT2D eigenvalue weighted by molar-refractivity contribution is -0.141. The molecule has 0 radical (unpaired) electrons. The first kappa shape index (κ1) is 16.8. The van der Waals surface area contributed by atoms with Gasteiger partial charge in [0.05, 0.1) is 17.5 Å². The van der Waals surface area contributed by atoms with Gasteiger partial charge in [0, 0.05) is 20.6 Å². The predicted molar refractivity (Wildman–Crippen MR) is 76.1 cm³/mol. The fraction of sp³-hybridized carbons (Fsp3) is 0.750. The third-order valence-electron chi connectivity index (χ3n) is 2.76. The summed E-state index contributed by atoms with van der Waals surface area (Å²) in [6.07, 6.45) is 0. The molecule has 0 aromatic heterocycles. The van der Waals surface area contributed by atoms with Crippen molar-refractivity contribution in [2.45, 2.75) is 20.8 Å². The summed E-state index contributed by atoms with van der Waals surface area (Å²) >= 11 is 4.94. The molecule has 0 spiro atoms. The van der Waals surface area contributed by atoms with Crippen molar-refractivity contribution in [1.82, 2.24) is 9.80 Å². The highest BCUT2D eigenvalue weighted by atomic mass is 32.1. The first-order valence-electron chi connectivity index (χ1n) is 6.00. The molecule has 5 nitrogen and oxygen atoms in total. The Kier molecular flexibility index (Phi) is 6.83. The van der Waals surface area contributed by atoms with E-state index in [9.17, 15) is 9.59 Å². The molecule has 0 aromatic carbocycles. The van der Waals surface area contributed by atoms with Crippen molar-refractivity contribution in [3.8, 4) is 0 Å². The molecular formula is C12H23N3O2S. The van der Waals surface area contributed by atoms with Crippen molar-refractivity contribution in [1.29, 1.82) is 0 Å². The van der Waals surface area contributed by atoms with Crippen LogP contribution in [-0.2, 0) is 9.59 Å². The van der Waals surface area contributed by atoms with Crippen molar-refractivity contribution in [2.24, 2.45) is 17.6 Å². The van der Waals surface area contributed by atoms with Crippen LogP contribution in [0.3, 0.4) is 0 Å². The van der Waals surface area contributed by atoms with Crippen LogP contribution in [0.4, 0.5) is 0 Å². The van der Waals surface area contributed by atoms with Crippen molar-refractivity contribution < 1.29 is 9.59 Å². The summed E-state index contributed by atoms with van der Waals surface area (Å²) in [6.45, 7) is 6.14. The fourth-order valence-electron chi connectivity index (χ4n) is 1.58. The SMILES string of the molecule is CCN(CC(=O)N(C)C)C(=O)C(C(N)=S)C(C)C. The molecule has 0 saturated carbocycles. The molecule has 18 heavy (non-hydrogen) atoms. The van der Waals surface area contributed by atoms with E-state index in [2.05, 4.69) is 0 Å². The molecule has 0 rings (SSSR count). The lowest BCUT2D eigenvalue weighted by atomic mass is 9.94. The van der Waals surface area contributed by atoms with Crippen LogP contribution in [0.5, 0.6) is 0 Å². The Morgan fingerprint density at radius 3 is 2.06 bits per heavy atom. The van der Waals surface area contributed by atoms with E-state index in [1.807, 2.05) is 20.8 Å². The molecule has 0 saturated heterocycles. The standard InChI is InChI=1S/C12H23N3O2S/c1-6-15(7-9(16)14(4)5)12(17)10(8(2)3)11(13)18/h8,10H,6-7H2,1-5H3,(H2,13,18). The van der Waals surface area contributed by atoms with Gasteiger partial charge in [-0.25, -0.2) is 0 Å². The predicted octanol–water partition coefficient (Wildman–Crippen LogP) is 0.481. The summed E-state index contributed by atoms with van der Waals surface area (Å²) in [5, 5.41) is 0. The third-order valence-corrected chi connectivity index (χ3v) is 3.01. The summed E-state index contributed by atoms with van der Waals surface area (Å²) < 4.78 is 0. The minimum Gasteiger partial charge on any atom is -0.393 e. The molecular weight excluding hydrogens is 250 g/mol. The van der Waals surface area contributed by atoms with Crippen LogP contribution in [0.2, 0.25) is 0 Å². The van der Waals surface area contributed by atoms with Crippen molar-refractivity contribution >= 4 is 29.0 Å². The summed E-state index contributed by atoms with van der Waals surface area (Å²) in [6, 6.07) is 0. The molecule has 0 heterocycles. The zero-order chi connectivity index (χ0) is 14.5. The number of hydrogen-bond acceptors (Lipinski definition) is 3. The van der Waals surface area contributed by atoms with Crippen LogP contribution >= 0.6 is 12.2 Å². The van der Waals surface area contributed by atoms with Gasteiger partial charge >= 0.3 is 0 Å². The van der Waals surface area contributed by atoms with E-state index < -0.39 is 5.92 Å². The zero-order valence-electron chi connectivity index (χ0n) is 11.8. The van der Waals surface area contributed by atoms with Gasteiger partial charge < -0.3 is 15.5 Å². The lowest BCUT2D eigenvalue weighted by Crippen LogP contribution is -2.47. The maximum absolute atomic E-state index is 12.3. The topological polar surface area (TPSA) is 66.6 Å². The second-order valence-corrected chi connectivity index (χ2v) is 5.24. The molecule has 104 valence electrons. The zero-order valence-corrected chi connectivity index (χ0v) is 12.6. The molecule has 0 aliphatic rings. The van der Waals surface area contributed by atoms with Crippen LogP contribution in [0, 0.1) is 11.8 Å². The van der Waals surface area contributed by atoms with Gasteiger partial charge in [0.25, 0.3) is 0 Å². The highest BCUT2D eigenvalue weighted by molar-refractivity contribution is 7.80. The average molecular weight is 273 g/mol. The second kappa shape index (κ2) is 7.31. The number of rotatable bonds is 6. The van der Waals surface area contributed by atoms with E-state index >= 15 is 0 Å². The second-order valence-electron chi connectivity index (χ2n) is 4.76. The summed E-state index contributed by atoms with van der Waals surface area (Å²) in [4.78, 5) is 27.1. The van der Waals surface area contributed by atoms with Crippen LogP contribution in [0.25, 0.3) is 0 Å². The summed E-state index contributed by atoms with van der Waals surface area (Å²) in [5.74, 6) is -0.765. The van der Waals surface area contributed by atoms with E-state index in [0.29, 0.717) is 6.54 Å². The Balaban J connectivity index is 4.89. The number of nitrogens with zero attached hydrogens (tertiary/aromatic N) is 2. The minimum atomic E-state index is -0.505. The van der Waals surface area contributed by atoms with Crippen molar-refractivity contribution in [2.75, 3.05) is 27.2 Å². The van der Waals surface area contributed by atoms with Gasteiger partial charge in [-0.2, -0.15) is 0 Å². The molecule has 2 amide bonds. The first-order valence-corrected chi connectivity index (χ1v) is 6.41. The maximum atomic E-state index is 12.3. The number of carbonyl (C=O) groups is 2. The van der Waals surface area contributed by atoms with E-state index in [1.165, 1.54) is 9.80 Å². The van der Waals surface area contributed by atoms with Crippen LogP contribution in [0.15, 0.2) is 0 Å². The van der Waals surface area contributed by atoms with Crippen LogP contribution in [0.1, 0.15) is 20.8 Å². The van der Waals surface area contributed by atoms with Gasteiger partial charge in [0.15, 0.2) is 0 Å². The number of thiocarbonyl (C=S) groups is 1. The van der Waals surface area contributed by atoms with Crippen LogP contribution in [-0.4, -0.2) is 53.8 Å². The Morgan fingerprint density at radius 2 is 1.78 bits per heavy atom.